The van der Waals surface area contributed by atoms with Crippen LogP contribution in [-0.2, 0) is 4.74 Å². The number of aromatic nitrogens is 1. The Morgan fingerprint density at radius 2 is 2.19 bits per heavy atom. The third kappa shape index (κ3) is 2.50. The number of hydrogen-bond acceptors (Lipinski definition) is 3. The van der Waals surface area contributed by atoms with Crippen LogP contribution in [0.25, 0.3) is 0 Å². The molecule has 0 saturated carbocycles. The van der Waals surface area contributed by atoms with Crippen molar-refractivity contribution in [1.29, 1.82) is 0 Å². The van der Waals surface area contributed by atoms with Crippen LogP contribution in [0.15, 0.2) is 6.07 Å². The number of carbonyl (C=O) groups is 1. The first-order valence-electron chi connectivity index (χ1n) is 4.59. The molecule has 1 aromatic rings. The zero-order valence-electron chi connectivity index (χ0n) is 8.76. The highest BCUT2D eigenvalue weighted by Gasteiger charge is 2.23. The number of halogens is 3. The zero-order chi connectivity index (χ0) is 12.3. The number of hydrogen-bond donors (Lipinski definition) is 0. The number of nitrogens with zero attached hydrogens (tertiary/aromatic N) is 1. The normalized spacial score (nSPS) is 10.6. The number of rotatable bonds is 3. The summed E-state index contributed by atoms with van der Waals surface area (Å²) in [5, 5.41) is 0. The van der Waals surface area contributed by atoms with E-state index >= 15 is 0 Å². The highest BCUT2D eigenvalue weighted by Crippen LogP contribution is 2.23. The summed E-state index contributed by atoms with van der Waals surface area (Å²) < 4.78 is 42.6. The molecule has 0 bridgehead atoms. The Labute approximate surface area is 90.2 Å². The van der Waals surface area contributed by atoms with Crippen molar-refractivity contribution in [3.8, 4) is 0 Å². The SMILES string of the molecule is CCOC(=O)c1cc(C)c(F)nc1C(F)F. The minimum absolute atomic E-state index is 0.0208. The van der Waals surface area contributed by atoms with E-state index in [0.717, 1.165) is 6.07 Å². The van der Waals surface area contributed by atoms with Gasteiger partial charge in [0.2, 0.25) is 5.95 Å². The lowest BCUT2D eigenvalue weighted by molar-refractivity contribution is 0.0512. The minimum Gasteiger partial charge on any atom is -0.462 e. The van der Waals surface area contributed by atoms with Gasteiger partial charge in [-0.2, -0.15) is 4.39 Å². The molecule has 0 N–H and O–H groups in total. The molecule has 1 rings (SSSR count). The van der Waals surface area contributed by atoms with Crippen molar-refractivity contribution < 1.29 is 22.7 Å². The summed E-state index contributed by atoms with van der Waals surface area (Å²) in [5.41, 5.74) is -1.26. The number of pyridine rings is 1. The highest BCUT2D eigenvalue weighted by molar-refractivity contribution is 5.90. The van der Waals surface area contributed by atoms with Crippen LogP contribution in [0.1, 0.15) is 35.0 Å². The topological polar surface area (TPSA) is 39.2 Å². The van der Waals surface area contributed by atoms with Crippen LogP contribution in [0.4, 0.5) is 13.2 Å². The summed E-state index contributed by atoms with van der Waals surface area (Å²) in [6.07, 6.45) is -3.02. The van der Waals surface area contributed by atoms with E-state index in [1.165, 1.54) is 6.92 Å². The predicted octanol–water partition coefficient (Wildman–Crippen LogP) is 2.64. The van der Waals surface area contributed by atoms with E-state index < -0.39 is 29.6 Å². The van der Waals surface area contributed by atoms with Crippen molar-refractivity contribution in [2.24, 2.45) is 0 Å². The number of ether oxygens (including phenoxy) is 1. The van der Waals surface area contributed by atoms with Gasteiger partial charge >= 0.3 is 5.97 Å². The van der Waals surface area contributed by atoms with E-state index in [9.17, 15) is 18.0 Å². The van der Waals surface area contributed by atoms with Gasteiger partial charge in [0.1, 0.15) is 5.69 Å². The van der Waals surface area contributed by atoms with E-state index in [2.05, 4.69) is 9.72 Å². The summed E-state index contributed by atoms with van der Waals surface area (Å²) in [7, 11) is 0. The van der Waals surface area contributed by atoms with Crippen molar-refractivity contribution in [3.63, 3.8) is 0 Å². The largest absolute Gasteiger partial charge is 0.462 e. The van der Waals surface area contributed by atoms with Crippen molar-refractivity contribution in [2.45, 2.75) is 20.3 Å². The number of alkyl halides is 2. The van der Waals surface area contributed by atoms with Gasteiger partial charge < -0.3 is 4.74 Å². The van der Waals surface area contributed by atoms with E-state index in [1.807, 2.05) is 0 Å². The summed E-state index contributed by atoms with van der Waals surface area (Å²) >= 11 is 0. The molecule has 0 aliphatic rings. The molecular formula is C10H10F3NO2. The van der Waals surface area contributed by atoms with E-state index in [1.54, 1.807) is 6.92 Å². The van der Waals surface area contributed by atoms with Gasteiger partial charge in [-0.05, 0) is 19.9 Å². The second-order valence-electron chi connectivity index (χ2n) is 3.05. The van der Waals surface area contributed by atoms with Crippen molar-refractivity contribution in [2.75, 3.05) is 6.61 Å². The molecule has 0 aliphatic carbocycles. The van der Waals surface area contributed by atoms with Crippen LogP contribution in [0.3, 0.4) is 0 Å². The molecule has 1 heterocycles. The van der Waals surface area contributed by atoms with Gasteiger partial charge in [0.25, 0.3) is 6.43 Å². The number of aryl methyl sites for hydroxylation is 1. The summed E-state index contributed by atoms with van der Waals surface area (Å²) in [5.74, 6) is -1.93. The quantitative estimate of drug-likeness (QED) is 0.595. The number of carbonyl (C=O) groups excluding carboxylic acids is 1. The molecule has 1 aromatic heterocycles. The Hall–Kier alpha value is -1.59. The molecule has 0 unspecified atom stereocenters. The smallest absolute Gasteiger partial charge is 0.340 e. The van der Waals surface area contributed by atoms with Gasteiger partial charge in [0, 0.05) is 5.56 Å². The molecule has 0 spiro atoms. The lowest BCUT2D eigenvalue weighted by atomic mass is 10.1. The molecule has 0 atom stereocenters. The monoisotopic (exact) mass is 233 g/mol. The Kier molecular flexibility index (Phi) is 3.87. The summed E-state index contributed by atoms with van der Waals surface area (Å²) in [4.78, 5) is 14.4. The second kappa shape index (κ2) is 4.96. The molecule has 0 fully saturated rings. The molecule has 0 saturated heterocycles. The Bertz CT molecular complexity index is 407. The molecule has 3 nitrogen and oxygen atoms in total. The fourth-order valence-electron chi connectivity index (χ4n) is 1.14. The minimum atomic E-state index is -3.02. The van der Waals surface area contributed by atoms with Gasteiger partial charge in [0.05, 0.1) is 12.2 Å². The maximum Gasteiger partial charge on any atom is 0.340 e. The molecule has 88 valence electrons. The van der Waals surface area contributed by atoms with Crippen LogP contribution in [0, 0.1) is 12.9 Å². The van der Waals surface area contributed by atoms with E-state index in [0.29, 0.717) is 0 Å². The first-order valence-corrected chi connectivity index (χ1v) is 4.59. The molecule has 6 heteroatoms. The van der Waals surface area contributed by atoms with Crippen LogP contribution in [0.5, 0.6) is 0 Å². The van der Waals surface area contributed by atoms with Gasteiger partial charge in [-0.1, -0.05) is 0 Å². The third-order valence-corrected chi connectivity index (χ3v) is 1.88. The lowest BCUT2D eigenvalue weighted by Crippen LogP contribution is -2.12. The van der Waals surface area contributed by atoms with E-state index in [4.69, 9.17) is 0 Å². The van der Waals surface area contributed by atoms with Crippen LogP contribution in [0.2, 0.25) is 0 Å². The van der Waals surface area contributed by atoms with E-state index in [-0.39, 0.29) is 12.2 Å². The fraction of sp³-hybridized carbons (Fsp3) is 0.400. The molecular weight excluding hydrogens is 223 g/mol. The maximum atomic E-state index is 13.0. The van der Waals surface area contributed by atoms with Gasteiger partial charge in [-0.15, -0.1) is 0 Å². The number of esters is 1. The molecule has 0 radical (unpaired) electrons. The molecule has 16 heavy (non-hydrogen) atoms. The Morgan fingerprint density at radius 1 is 1.56 bits per heavy atom. The Balaban J connectivity index is 3.24. The van der Waals surface area contributed by atoms with Crippen molar-refractivity contribution >= 4 is 5.97 Å². The summed E-state index contributed by atoms with van der Waals surface area (Å²) in [6.45, 7) is 2.93. The first-order chi connectivity index (χ1) is 7.47. The van der Waals surface area contributed by atoms with Crippen molar-refractivity contribution in [1.82, 2.24) is 4.98 Å². The Morgan fingerprint density at radius 3 is 2.69 bits per heavy atom. The van der Waals surface area contributed by atoms with Crippen LogP contribution < -0.4 is 0 Å². The van der Waals surface area contributed by atoms with Crippen molar-refractivity contribution in [3.05, 3.63) is 28.8 Å². The van der Waals surface area contributed by atoms with Gasteiger partial charge in [-0.3, -0.25) is 0 Å². The molecule has 0 aromatic carbocycles. The highest BCUT2D eigenvalue weighted by atomic mass is 19.3. The van der Waals surface area contributed by atoms with Gasteiger partial charge in [0.15, 0.2) is 0 Å². The predicted molar refractivity (Wildman–Crippen MR) is 49.8 cm³/mol. The second-order valence-corrected chi connectivity index (χ2v) is 3.05. The maximum absolute atomic E-state index is 13.0. The fourth-order valence-corrected chi connectivity index (χ4v) is 1.14. The standard InChI is InChI=1S/C10H10F3NO2/c1-3-16-10(15)6-4-5(2)9(13)14-7(6)8(11)12/h4,8H,3H2,1-2H3. The molecule has 0 aliphatic heterocycles. The lowest BCUT2D eigenvalue weighted by Gasteiger charge is -2.08. The molecule has 0 amide bonds. The average Bonchev–Trinajstić information content (AvgIpc) is 2.21. The summed E-state index contributed by atoms with van der Waals surface area (Å²) in [6, 6.07) is 1.02. The van der Waals surface area contributed by atoms with Crippen LogP contribution in [-0.4, -0.2) is 17.6 Å². The van der Waals surface area contributed by atoms with Gasteiger partial charge in [-0.25, -0.2) is 18.6 Å². The average molecular weight is 233 g/mol. The zero-order valence-corrected chi connectivity index (χ0v) is 8.76. The first kappa shape index (κ1) is 12.5. The third-order valence-electron chi connectivity index (χ3n) is 1.88. The van der Waals surface area contributed by atoms with Crippen LogP contribution >= 0.6 is 0 Å².